The van der Waals surface area contributed by atoms with Crippen molar-refractivity contribution in [3.8, 4) is 0 Å². The SMILES string of the molecule is CNC(CSCc1cc(C)cc(C)c1)C1CCCCC1. The summed E-state index contributed by atoms with van der Waals surface area (Å²) < 4.78 is 0. The van der Waals surface area contributed by atoms with Crippen molar-refractivity contribution in [3.63, 3.8) is 0 Å². The van der Waals surface area contributed by atoms with Gasteiger partial charge in [-0.3, -0.25) is 0 Å². The minimum atomic E-state index is 0.700. The number of rotatable bonds is 6. The maximum atomic E-state index is 3.56. The largest absolute Gasteiger partial charge is 0.316 e. The Labute approximate surface area is 128 Å². The van der Waals surface area contributed by atoms with Crippen molar-refractivity contribution in [2.45, 2.75) is 57.7 Å². The van der Waals surface area contributed by atoms with Crippen LogP contribution in [0.25, 0.3) is 0 Å². The lowest BCUT2D eigenvalue weighted by Crippen LogP contribution is -2.36. The van der Waals surface area contributed by atoms with E-state index in [2.05, 4.69) is 56.2 Å². The number of nitrogens with one attached hydrogen (secondary N) is 1. The standard InChI is InChI=1S/C18H29NS/c1-14-9-15(2)11-16(10-14)12-20-13-18(19-3)17-7-5-4-6-8-17/h9-11,17-19H,4-8,12-13H2,1-3H3. The molecule has 0 heterocycles. The lowest BCUT2D eigenvalue weighted by Gasteiger charge is -2.29. The monoisotopic (exact) mass is 291 g/mol. The highest BCUT2D eigenvalue weighted by Crippen LogP contribution is 2.28. The van der Waals surface area contributed by atoms with Crippen molar-refractivity contribution in [3.05, 3.63) is 34.9 Å². The average molecular weight is 292 g/mol. The highest BCUT2D eigenvalue weighted by atomic mass is 32.2. The first-order valence-electron chi connectivity index (χ1n) is 8.01. The van der Waals surface area contributed by atoms with Crippen molar-refractivity contribution in [2.75, 3.05) is 12.8 Å². The zero-order chi connectivity index (χ0) is 14.4. The van der Waals surface area contributed by atoms with Gasteiger partial charge in [-0.05, 0) is 45.2 Å². The minimum absolute atomic E-state index is 0.700. The van der Waals surface area contributed by atoms with Crippen molar-refractivity contribution in [1.82, 2.24) is 5.32 Å². The fourth-order valence-electron chi connectivity index (χ4n) is 3.45. The van der Waals surface area contributed by atoms with Crippen LogP contribution in [0.5, 0.6) is 0 Å². The zero-order valence-corrected chi connectivity index (χ0v) is 14.1. The summed E-state index contributed by atoms with van der Waals surface area (Å²) in [5.74, 6) is 3.29. The summed E-state index contributed by atoms with van der Waals surface area (Å²) in [4.78, 5) is 0. The number of aryl methyl sites for hydroxylation is 2. The molecule has 0 aliphatic heterocycles. The lowest BCUT2D eigenvalue weighted by molar-refractivity contribution is 0.294. The topological polar surface area (TPSA) is 12.0 Å². The van der Waals surface area contributed by atoms with Gasteiger partial charge in [-0.2, -0.15) is 11.8 Å². The second-order valence-electron chi connectivity index (χ2n) is 6.30. The molecule has 2 heteroatoms. The fourth-order valence-corrected chi connectivity index (χ4v) is 4.66. The fraction of sp³-hybridized carbons (Fsp3) is 0.667. The number of thioether (sulfide) groups is 1. The van der Waals surface area contributed by atoms with Crippen molar-refractivity contribution < 1.29 is 0 Å². The molecule has 1 aromatic carbocycles. The predicted molar refractivity (Wildman–Crippen MR) is 91.5 cm³/mol. The number of hydrogen-bond acceptors (Lipinski definition) is 2. The Hall–Kier alpha value is -0.470. The predicted octanol–water partition coefficient (Wildman–Crippen LogP) is 4.70. The number of hydrogen-bond donors (Lipinski definition) is 1. The van der Waals surface area contributed by atoms with E-state index in [0.717, 1.165) is 11.7 Å². The minimum Gasteiger partial charge on any atom is -0.316 e. The van der Waals surface area contributed by atoms with E-state index in [1.807, 2.05) is 0 Å². The molecule has 1 aliphatic carbocycles. The van der Waals surface area contributed by atoms with E-state index in [0.29, 0.717) is 6.04 Å². The van der Waals surface area contributed by atoms with E-state index in [9.17, 15) is 0 Å². The molecule has 1 fully saturated rings. The van der Waals surface area contributed by atoms with Crippen LogP contribution in [0.15, 0.2) is 18.2 Å². The van der Waals surface area contributed by atoms with Crippen LogP contribution in [0.4, 0.5) is 0 Å². The summed E-state index contributed by atoms with van der Waals surface area (Å²) in [6.45, 7) is 4.39. The normalized spacial score (nSPS) is 18.1. The van der Waals surface area contributed by atoms with Gasteiger partial charge in [0.05, 0.1) is 0 Å². The van der Waals surface area contributed by atoms with Gasteiger partial charge in [0.15, 0.2) is 0 Å². The Morgan fingerprint density at radius 3 is 2.35 bits per heavy atom. The summed E-state index contributed by atoms with van der Waals surface area (Å²) in [6.07, 6.45) is 7.17. The molecular weight excluding hydrogens is 262 g/mol. The van der Waals surface area contributed by atoms with Gasteiger partial charge < -0.3 is 5.32 Å². The van der Waals surface area contributed by atoms with Gasteiger partial charge in [-0.1, -0.05) is 48.6 Å². The maximum Gasteiger partial charge on any atom is 0.0185 e. The molecule has 1 saturated carbocycles. The molecule has 1 aromatic rings. The summed E-state index contributed by atoms with van der Waals surface area (Å²) in [6, 6.07) is 7.61. The summed E-state index contributed by atoms with van der Waals surface area (Å²) >= 11 is 2.09. The molecule has 0 amide bonds. The van der Waals surface area contributed by atoms with Crippen LogP contribution in [0.3, 0.4) is 0 Å². The van der Waals surface area contributed by atoms with E-state index in [1.165, 1.54) is 54.5 Å². The van der Waals surface area contributed by atoms with Crippen molar-refractivity contribution in [1.29, 1.82) is 0 Å². The van der Waals surface area contributed by atoms with Crippen molar-refractivity contribution >= 4 is 11.8 Å². The van der Waals surface area contributed by atoms with Crippen LogP contribution in [0.2, 0.25) is 0 Å². The van der Waals surface area contributed by atoms with E-state index >= 15 is 0 Å². The molecule has 1 nitrogen and oxygen atoms in total. The molecule has 1 unspecified atom stereocenters. The zero-order valence-electron chi connectivity index (χ0n) is 13.2. The molecule has 0 aromatic heterocycles. The van der Waals surface area contributed by atoms with Crippen LogP contribution < -0.4 is 5.32 Å². The Morgan fingerprint density at radius 1 is 1.10 bits per heavy atom. The van der Waals surface area contributed by atoms with Gasteiger partial charge in [-0.25, -0.2) is 0 Å². The highest BCUT2D eigenvalue weighted by Gasteiger charge is 2.21. The molecule has 1 aliphatic rings. The quantitative estimate of drug-likeness (QED) is 0.815. The van der Waals surface area contributed by atoms with Gasteiger partial charge in [0, 0.05) is 17.5 Å². The first-order valence-corrected chi connectivity index (χ1v) is 9.16. The van der Waals surface area contributed by atoms with Crippen LogP contribution in [0.1, 0.15) is 48.8 Å². The molecule has 20 heavy (non-hydrogen) atoms. The smallest absolute Gasteiger partial charge is 0.0185 e. The van der Waals surface area contributed by atoms with Gasteiger partial charge in [-0.15, -0.1) is 0 Å². The van der Waals surface area contributed by atoms with Crippen LogP contribution in [0, 0.1) is 19.8 Å². The Morgan fingerprint density at radius 2 is 1.75 bits per heavy atom. The van der Waals surface area contributed by atoms with Crippen LogP contribution >= 0.6 is 11.8 Å². The molecular formula is C18H29NS. The average Bonchev–Trinajstić information content (AvgIpc) is 2.43. The summed E-state index contributed by atoms with van der Waals surface area (Å²) in [5, 5.41) is 3.56. The van der Waals surface area contributed by atoms with Crippen LogP contribution in [-0.2, 0) is 5.75 Å². The molecule has 1 atom stereocenters. The Balaban J connectivity index is 1.81. The van der Waals surface area contributed by atoms with E-state index in [1.54, 1.807) is 0 Å². The molecule has 0 radical (unpaired) electrons. The van der Waals surface area contributed by atoms with E-state index in [-0.39, 0.29) is 0 Å². The third-order valence-electron chi connectivity index (χ3n) is 4.44. The van der Waals surface area contributed by atoms with Crippen molar-refractivity contribution in [2.24, 2.45) is 5.92 Å². The summed E-state index contributed by atoms with van der Waals surface area (Å²) in [5.41, 5.74) is 4.25. The van der Waals surface area contributed by atoms with E-state index in [4.69, 9.17) is 0 Å². The molecule has 112 valence electrons. The Kier molecular flexibility index (Phi) is 6.44. The van der Waals surface area contributed by atoms with Gasteiger partial charge in [0.2, 0.25) is 0 Å². The first-order chi connectivity index (χ1) is 9.69. The Bertz CT molecular complexity index is 390. The summed E-state index contributed by atoms with van der Waals surface area (Å²) in [7, 11) is 2.14. The molecule has 0 spiro atoms. The van der Waals surface area contributed by atoms with Gasteiger partial charge in [0.1, 0.15) is 0 Å². The number of benzene rings is 1. The lowest BCUT2D eigenvalue weighted by atomic mass is 9.84. The second-order valence-corrected chi connectivity index (χ2v) is 7.33. The van der Waals surface area contributed by atoms with Gasteiger partial charge in [0.25, 0.3) is 0 Å². The van der Waals surface area contributed by atoms with Gasteiger partial charge >= 0.3 is 0 Å². The highest BCUT2D eigenvalue weighted by molar-refractivity contribution is 7.98. The van der Waals surface area contributed by atoms with Crippen LogP contribution in [-0.4, -0.2) is 18.8 Å². The molecule has 0 saturated heterocycles. The third kappa shape index (κ3) is 4.82. The molecule has 1 N–H and O–H groups in total. The van der Waals surface area contributed by atoms with E-state index < -0.39 is 0 Å². The molecule has 2 rings (SSSR count). The first kappa shape index (κ1) is 15.9. The third-order valence-corrected chi connectivity index (χ3v) is 5.57. The maximum absolute atomic E-state index is 3.56. The molecule has 0 bridgehead atoms. The second kappa shape index (κ2) is 8.09.